The predicted octanol–water partition coefficient (Wildman–Crippen LogP) is 3.37. The van der Waals surface area contributed by atoms with Crippen LogP contribution in [0.2, 0.25) is 5.02 Å². The summed E-state index contributed by atoms with van der Waals surface area (Å²) in [6.07, 6.45) is 8.27. The number of anilines is 1. The quantitative estimate of drug-likeness (QED) is 0.451. The summed E-state index contributed by atoms with van der Waals surface area (Å²) in [5.41, 5.74) is 1.49. The lowest BCUT2D eigenvalue weighted by molar-refractivity contribution is 0.0682. The Kier molecular flexibility index (Phi) is 7.50. The maximum Gasteiger partial charge on any atom is 0.254 e. The highest BCUT2D eigenvalue weighted by atomic mass is 35.5. The second kappa shape index (κ2) is 10.9. The van der Waals surface area contributed by atoms with E-state index in [1.165, 1.54) is 0 Å². The van der Waals surface area contributed by atoms with Crippen LogP contribution in [0.1, 0.15) is 41.9 Å². The third-order valence-electron chi connectivity index (χ3n) is 5.49. The molecule has 168 valence electrons. The molecule has 2 N–H and O–H groups in total. The Bertz CT molecular complexity index is 995. The van der Waals surface area contributed by atoms with Gasteiger partial charge in [0.05, 0.1) is 0 Å². The first-order valence-corrected chi connectivity index (χ1v) is 11.2. The van der Waals surface area contributed by atoms with E-state index in [1.54, 1.807) is 30.6 Å². The molecule has 1 fully saturated rings. The molecule has 4 rings (SSSR count). The number of nitrogens with zero attached hydrogens (tertiary/aromatic N) is 5. The lowest BCUT2D eigenvalue weighted by Crippen LogP contribution is -2.40. The number of hydrogen-bond acceptors (Lipinski definition) is 7. The molecule has 1 aliphatic carbocycles. The average molecular weight is 456 g/mol. The number of pyridine rings is 1. The fraction of sp³-hybridized carbons (Fsp3) is 0.409. The van der Waals surface area contributed by atoms with Crippen molar-refractivity contribution in [3.8, 4) is 5.75 Å². The highest BCUT2D eigenvalue weighted by Gasteiger charge is 2.28. The van der Waals surface area contributed by atoms with Crippen LogP contribution >= 0.6 is 11.6 Å². The summed E-state index contributed by atoms with van der Waals surface area (Å²) < 4.78 is 5.86. The van der Waals surface area contributed by atoms with E-state index in [0.29, 0.717) is 48.3 Å². The van der Waals surface area contributed by atoms with E-state index in [1.807, 2.05) is 17.0 Å². The van der Waals surface area contributed by atoms with E-state index in [9.17, 15) is 4.79 Å². The molecule has 1 amide bonds. The number of aromatic amines is 1. The molecule has 9 nitrogen and oxygen atoms in total. The van der Waals surface area contributed by atoms with Crippen molar-refractivity contribution in [2.75, 3.05) is 25.0 Å². The molecule has 1 aliphatic rings. The second-order valence-electron chi connectivity index (χ2n) is 7.70. The first-order chi connectivity index (χ1) is 15.7. The summed E-state index contributed by atoms with van der Waals surface area (Å²) in [5, 5.41) is 17.8. The van der Waals surface area contributed by atoms with Crippen molar-refractivity contribution >= 4 is 23.2 Å². The van der Waals surface area contributed by atoms with Crippen molar-refractivity contribution in [2.24, 2.45) is 0 Å². The minimum absolute atomic E-state index is 0.0531. The summed E-state index contributed by atoms with van der Waals surface area (Å²) in [6, 6.07) is 9.18. The predicted molar refractivity (Wildman–Crippen MR) is 121 cm³/mol. The maximum absolute atomic E-state index is 13.4. The number of ether oxygens (including phenoxy) is 1. The normalized spacial score (nSPS) is 13.8. The number of nitrogens with one attached hydrogen (secondary N) is 2. The number of tetrazole rings is 1. The lowest BCUT2D eigenvalue weighted by Gasteiger charge is -2.29. The van der Waals surface area contributed by atoms with Gasteiger partial charge in [0, 0.05) is 54.2 Å². The molecule has 1 saturated carbocycles. The largest absolute Gasteiger partial charge is 0.492 e. The first kappa shape index (κ1) is 22.0. The van der Waals surface area contributed by atoms with Crippen molar-refractivity contribution in [1.29, 1.82) is 0 Å². The monoisotopic (exact) mass is 455 g/mol. The maximum atomic E-state index is 13.4. The molecule has 0 unspecified atom stereocenters. The van der Waals surface area contributed by atoms with Crippen LogP contribution in [-0.2, 0) is 6.42 Å². The van der Waals surface area contributed by atoms with Gasteiger partial charge in [0.1, 0.15) is 12.4 Å². The Hall–Kier alpha value is -3.20. The zero-order valence-corrected chi connectivity index (χ0v) is 18.5. The van der Waals surface area contributed by atoms with Gasteiger partial charge >= 0.3 is 0 Å². The van der Waals surface area contributed by atoms with Crippen LogP contribution in [0, 0.1) is 0 Å². The summed E-state index contributed by atoms with van der Waals surface area (Å²) in [5.74, 6) is 1.11. The number of aromatic nitrogens is 5. The zero-order chi connectivity index (χ0) is 22.2. The lowest BCUT2D eigenvalue weighted by atomic mass is 10.1. The Morgan fingerprint density at radius 2 is 2.03 bits per heavy atom. The Balaban J connectivity index is 1.40. The highest BCUT2D eigenvalue weighted by molar-refractivity contribution is 6.31. The zero-order valence-electron chi connectivity index (χ0n) is 17.7. The number of benzene rings is 1. The van der Waals surface area contributed by atoms with Crippen molar-refractivity contribution in [3.63, 3.8) is 0 Å². The molecular formula is C22H26ClN7O2. The Morgan fingerprint density at radius 3 is 2.78 bits per heavy atom. The van der Waals surface area contributed by atoms with Crippen LogP contribution in [0.25, 0.3) is 0 Å². The average Bonchev–Trinajstić information content (AvgIpc) is 3.52. The van der Waals surface area contributed by atoms with Gasteiger partial charge in [-0.15, -0.1) is 10.2 Å². The van der Waals surface area contributed by atoms with Crippen molar-refractivity contribution in [3.05, 3.63) is 59.1 Å². The number of rotatable bonds is 10. The third-order valence-corrected chi connectivity index (χ3v) is 5.71. The van der Waals surface area contributed by atoms with Crippen LogP contribution in [0.5, 0.6) is 5.75 Å². The standard InChI is InChI=1S/C22H26ClN7O2/c23-17-13-16(14-20(15-17)32-12-10-25-18-5-8-24-9-6-18)22(31)30(19-3-1-2-4-19)11-7-21-26-28-29-27-21/h5-6,8-9,13-15,19H,1-4,7,10-12H2,(H,24,25)(H,26,27,28,29). The van der Waals surface area contributed by atoms with E-state index in [-0.39, 0.29) is 11.9 Å². The van der Waals surface area contributed by atoms with E-state index < -0.39 is 0 Å². The fourth-order valence-electron chi connectivity index (χ4n) is 3.94. The number of halogens is 1. The summed E-state index contributed by atoms with van der Waals surface area (Å²) in [7, 11) is 0. The van der Waals surface area contributed by atoms with Crippen LogP contribution in [-0.4, -0.2) is 62.2 Å². The van der Waals surface area contributed by atoms with Gasteiger partial charge in [-0.05, 0) is 43.2 Å². The summed E-state index contributed by atoms with van der Waals surface area (Å²) in [6.45, 7) is 1.57. The smallest absolute Gasteiger partial charge is 0.254 e. The number of amides is 1. The first-order valence-electron chi connectivity index (χ1n) is 10.8. The van der Waals surface area contributed by atoms with Gasteiger partial charge in [-0.3, -0.25) is 9.78 Å². The molecule has 0 spiro atoms. The molecule has 0 aliphatic heterocycles. The molecule has 0 atom stereocenters. The minimum Gasteiger partial charge on any atom is -0.492 e. The van der Waals surface area contributed by atoms with Gasteiger partial charge < -0.3 is 15.0 Å². The van der Waals surface area contributed by atoms with Crippen molar-refractivity contribution in [1.82, 2.24) is 30.5 Å². The van der Waals surface area contributed by atoms with Crippen LogP contribution in [0.3, 0.4) is 0 Å². The van der Waals surface area contributed by atoms with E-state index in [4.69, 9.17) is 16.3 Å². The molecule has 1 aromatic carbocycles. The molecule has 32 heavy (non-hydrogen) atoms. The van der Waals surface area contributed by atoms with Crippen molar-refractivity contribution in [2.45, 2.75) is 38.1 Å². The van der Waals surface area contributed by atoms with Gasteiger partial charge in [-0.25, -0.2) is 0 Å². The van der Waals surface area contributed by atoms with E-state index in [0.717, 1.165) is 31.4 Å². The second-order valence-corrected chi connectivity index (χ2v) is 8.14. The molecule has 0 saturated heterocycles. The van der Waals surface area contributed by atoms with Gasteiger partial charge in [-0.1, -0.05) is 29.7 Å². The topological polar surface area (TPSA) is 109 Å². The van der Waals surface area contributed by atoms with Gasteiger partial charge in [0.15, 0.2) is 5.82 Å². The molecule has 0 radical (unpaired) electrons. The number of carbonyl (C=O) groups excluding carboxylic acids is 1. The fourth-order valence-corrected chi connectivity index (χ4v) is 4.17. The highest BCUT2D eigenvalue weighted by Crippen LogP contribution is 2.27. The number of H-pyrrole nitrogens is 1. The summed E-state index contributed by atoms with van der Waals surface area (Å²) >= 11 is 6.32. The number of carbonyl (C=O) groups is 1. The Labute approximate surface area is 191 Å². The SMILES string of the molecule is O=C(c1cc(Cl)cc(OCCNc2ccncc2)c1)N(CCc1nn[nH]n1)C1CCCC1. The van der Waals surface area contributed by atoms with E-state index >= 15 is 0 Å². The molecule has 0 bridgehead atoms. The van der Waals surface area contributed by atoms with Gasteiger partial charge in [0.2, 0.25) is 0 Å². The Morgan fingerprint density at radius 1 is 1.22 bits per heavy atom. The van der Waals surface area contributed by atoms with Crippen molar-refractivity contribution < 1.29 is 9.53 Å². The molecule has 2 heterocycles. The molecule has 2 aromatic heterocycles. The van der Waals surface area contributed by atoms with Gasteiger partial charge in [0.25, 0.3) is 5.91 Å². The van der Waals surface area contributed by atoms with Crippen LogP contribution in [0.15, 0.2) is 42.7 Å². The minimum atomic E-state index is -0.0531. The molecular weight excluding hydrogens is 430 g/mol. The molecule has 3 aromatic rings. The third kappa shape index (κ3) is 5.94. The molecule has 10 heteroatoms. The summed E-state index contributed by atoms with van der Waals surface area (Å²) in [4.78, 5) is 19.4. The van der Waals surface area contributed by atoms with E-state index in [2.05, 4.69) is 30.9 Å². The van der Waals surface area contributed by atoms with Crippen LogP contribution in [0.4, 0.5) is 5.69 Å². The van der Waals surface area contributed by atoms with Gasteiger partial charge in [-0.2, -0.15) is 5.21 Å². The number of hydrogen-bond donors (Lipinski definition) is 2. The van der Waals surface area contributed by atoms with Crippen LogP contribution < -0.4 is 10.1 Å².